The molecule has 2 aliphatic rings. The molecule has 4 heteroatoms. The monoisotopic (exact) mass is 239 g/mol. The van der Waals surface area contributed by atoms with Crippen LogP contribution in [0, 0.1) is 0 Å². The topological polar surface area (TPSA) is 35.6 Å². The minimum atomic E-state index is 0.0515. The molecule has 0 aromatic heterocycles. The van der Waals surface area contributed by atoms with Gasteiger partial charge in [0.2, 0.25) is 5.91 Å². The first-order chi connectivity index (χ1) is 8.09. The van der Waals surface area contributed by atoms with Crippen LogP contribution in [0.4, 0.5) is 0 Å². The minimum Gasteiger partial charge on any atom is -0.327 e. The van der Waals surface area contributed by atoms with Crippen LogP contribution in [0.2, 0.25) is 0 Å². The van der Waals surface area contributed by atoms with Gasteiger partial charge in [-0.05, 0) is 33.4 Å². The molecule has 0 aromatic rings. The van der Waals surface area contributed by atoms with E-state index in [1.165, 1.54) is 25.7 Å². The number of likely N-dealkylation sites (N-methyl/N-ethyl adjacent to an activating group) is 1. The van der Waals surface area contributed by atoms with Crippen molar-refractivity contribution in [2.45, 2.75) is 50.6 Å². The summed E-state index contributed by atoms with van der Waals surface area (Å²) in [6, 6.07) is 0.0515. The van der Waals surface area contributed by atoms with E-state index in [0.717, 1.165) is 19.6 Å². The SMILES string of the molecule is CCC1NCN(CC2(N(C)C)CCCC2)C1=O. The maximum atomic E-state index is 12.1. The summed E-state index contributed by atoms with van der Waals surface area (Å²) in [5, 5.41) is 3.29. The molecule has 1 amide bonds. The molecular formula is C13H25N3O. The molecule has 1 heterocycles. The lowest BCUT2D eigenvalue weighted by atomic mass is 9.95. The molecule has 1 saturated carbocycles. The molecule has 0 bridgehead atoms. The summed E-state index contributed by atoms with van der Waals surface area (Å²) in [4.78, 5) is 16.5. The van der Waals surface area contributed by atoms with Crippen LogP contribution < -0.4 is 5.32 Å². The van der Waals surface area contributed by atoms with Gasteiger partial charge in [0.05, 0.1) is 12.7 Å². The van der Waals surface area contributed by atoms with Crippen LogP contribution in [0.15, 0.2) is 0 Å². The molecular weight excluding hydrogens is 214 g/mol. The quantitative estimate of drug-likeness (QED) is 0.796. The summed E-state index contributed by atoms with van der Waals surface area (Å²) in [5.74, 6) is 0.292. The van der Waals surface area contributed by atoms with Crippen molar-refractivity contribution >= 4 is 5.91 Å². The molecule has 1 unspecified atom stereocenters. The Bertz CT molecular complexity index is 284. The maximum Gasteiger partial charge on any atom is 0.240 e. The molecule has 0 spiro atoms. The average molecular weight is 239 g/mol. The fourth-order valence-corrected chi connectivity index (χ4v) is 3.19. The smallest absolute Gasteiger partial charge is 0.240 e. The highest BCUT2D eigenvalue weighted by Crippen LogP contribution is 2.34. The molecule has 1 N–H and O–H groups in total. The number of nitrogens with one attached hydrogen (secondary N) is 1. The number of rotatable bonds is 4. The van der Waals surface area contributed by atoms with Crippen molar-refractivity contribution in [1.82, 2.24) is 15.1 Å². The van der Waals surface area contributed by atoms with Crippen LogP contribution in [0.1, 0.15) is 39.0 Å². The number of carbonyl (C=O) groups excluding carboxylic acids is 1. The van der Waals surface area contributed by atoms with Crippen LogP contribution >= 0.6 is 0 Å². The standard InChI is InChI=1S/C13H25N3O/c1-4-11-12(17)16(10-14-11)9-13(15(2)3)7-5-6-8-13/h11,14H,4-10H2,1-3H3. The van der Waals surface area contributed by atoms with Crippen LogP contribution in [-0.2, 0) is 4.79 Å². The molecule has 0 radical (unpaired) electrons. The van der Waals surface area contributed by atoms with Gasteiger partial charge >= 0.3 is 0 Å². The van der Waals surface area contributed by atoms with Crippen LogP contribution in [0.25, 0.3) is 0 Å². The molecule has 98 valence electrons. The zero-order valence-electron chi connectivity index (χ0n) is 11.3. The third kappa shape index (κ3) is 2.33. The van der Waals surface area contributed by atoms with E-state index < -0.39 is 0 Å². The van der Waals surface area contributed by atoms with E-state index in [-0.39, 0.29) is 11.6 Å². The van der Waals surface area contributed by atoms with Gasteiger partial charge < -0.3 is 9.80 Å². The van der Waals surface area contributed by atoms with Crippen molar-refractivity contribution in [3.05, 3.63) is 0 Å². The molecule has 17 heavy (non-hydrogen) atoms. The van der Waals surface area contributed by atoms with Gasteiger partial charge in [0, 0.05) is 12.1 Å². The summed E-state index contributed by atoms with van der Waals surface area (Å²) in [6.45, 7) is 3.69. The zero-order chi connectivity index (χ0) is 12.5. The largest absolute Gasteiger partial charge is 0.327 e. The van der Waals surface area contributed by atoms with Crippen LogP contribution in [-0.4, -0.2) is 54.6 Å². The van der Waals surface area contributed by atoms with Crippen molar-refractivity contribution in [2.24, 2.45) is 0 Å². The third-order valence-electron chi connectivity index (χ3n) is 4.51. The predicted molar refractivity (Wildman–Crippen MR) is 68.7 cm³/mol. The van der Waals surface area contributed by atoms with E-state index in [4.69, 9.17) is 0 Å². The average Bonchev–Trinajstić information content (AvgIpc) is 2.89. The van der Waals surface area contributed by atoms with Crippen LogP contribution in [0.5, 0.6) is 0 Å². The molecule has 1 atom stereocenters. The summed E-state index contributed by atoms with van der Waals surface area (Å²) in [6.07, 6.45) is 5.93. The summed E-state index contributed by atoms with van der Waals surface area (Å²) in [5.41, 5.74) is 0.222. The lowest BCUT2D eigenvalue weighted by molar-refractivity contribution is -0.130. The predicted octanol–water partition coefficient (Wildman–Crippen LogP) is 1.03. The van der Waals surface area contributed by atoms with Gasteiger partial charge in [-0.25, -0.2) is 0 Å². The molecule has 2 rings (SSSR count). The molecule has 0 aromatic carbocycles. The van der Waals surface area contributed by atoms with Gasteiger partial charge in [0.15, 0.2) is 0 Å². The first-order valence-corrected chi connectivity index (χ1v) is 6.79. The van der Waals surface area contributed by atoms with E-state index >= 15 is 0 Å². The maximum absolute atomic E-state index is 12.1. The Labute approximate surface area is 104 Å². The van der Waals surface area contributed by atoms with E-state index in [1.54, 1.807) is 0 Å². The van der Waals surface area contributed by atoms with Gasteiger partial charge in [0.1, 0.15) is 0 Å². The van der Waals surface area contributed by atoms with Gasteiger partial charge in [-0.15, -0.1) is 0 Å². The van der Waals surface area contributed by atoms with Crippen LogP contribution in [0.3, 0.4) is 0 Å². The minimum absolute atomic E-state index is 0.0515. The molecule has 1 aliphatic carbocycles. The fourth-order valence-electron chi connectivity index (χ4n) is 3.19. The van der Waals surface area contributed by atoms with Gasteiger partial charge in [-0.1, -0.05) is 19.8 Å². The van der Waals surface area contributed by atoms with Crippen molar-refractivity contribution < 1.29 is 4.79 Å². The van der Waals surface area contributed by atoms with Gasteiger partial charge in [-0.3, -0.25) is 10.1 Å². The Balaban J connectivity index is 2.02. The van der Waals surface area contributed by atoms with Gasteiger partial charge in [0.25, 0.3) is 0 Å². The first-order valence-electron chi connectivity index (χ1n) is 6.79. The third-order valence-corrected chi connectivity index (χ3v) is 4.51. The Hall–Kier alpha value is -0.610. The fraction of sp³-hybridized carbons (Fsp3) is 0.923. The molecule has 2 fully saturated rings. The molecule has 4 nitrogen and oxygen atoms in total. The summed E-state index contributed by atoms with van der Waals surface area (Å²) < 4.78 is 0. The molecule has 1 aliphatic heterocycles. The number of carbonyl (C=O) groups is 1. The normalized spacial score (nSPS) is 28.4. The van der Waals surface area contributed by atoms with E-state index in [2.05, 4.69) is 31.2 Å². The number of nitrogens with zero attached hydrogens (tertiary/aromatic N) is 2. The van der Waals surface area contributed by atoms with E-state index in [1.807, 2.05) is 4.90 Å². The first kappa shape index (κ1) is 12.8. The highest BCUT2D eigenvalue weighted by Gasteiger charge is 2.41. The Morgan fingerprint density at radius 3 is 2.53 bits per heavy atom. The number of amides is 1. The second-order valence-corrected chi connectivity index (χ2v) is 5.69. The lowest BCUT2D eigenvalue weighted by Gasteiger charge is -2.39. The molecule has 1 saturated heterocycles. The second kappa shape index (κ2) is 4.94. The number of hydrogen-bond donors (Lipinski definition) is 1. The van der Waals surface area contributed by atoms with Crippen molar-refractivity contribution in [2.75, 3.05) is 27.3 Å². The highest BCUT2D eigenvalue weighted by atomic mass is 16.2. The highest BCUT2D eigenvalue weighted by molar-refractivity contribution is 5.83. The van der Waals surface area contributed by atoms with E-state index in [0.29, 0.717) is 5.91 Å². The Morgan fingerprint density at radius 2 is 2.06 bits per heavy atom. The van der Waals surface area contributed by atoms with E-state index in [9.17, 15) is 4.79 Å². The number of hydrogen-bond acceptors (Lipinski definition) is 3. The Kier molecular flexibility index (Phi) is 3.73. The van der Waals surface area contributed by atoms with Gasteiger partial charge in [-0.2, -0.15) is 0 Å². The zero-order valence-corrected chi connectivity index (χ0v) is 11.3. The summed E-state index contributed by atoms with van der Waals surface area (Å²) >= 11 is 0. The lowest BCUT2D eigenvalue weighted by Crippen LogP contribution is -2.51. The van der Waals surface area contributed by atoms with Crippen molar-refractivity contribution in [3.8, 4) is 0 Å². The van der Waals surface area contributed by atoms with Crippen molar-refractivity contribution in [3.63, 3.8) is 0 Å². The summed E-state index contributed by atoms with van der Waals surface area (Å²) in [7, 11) is 4.30. The Morgan fingerprint density at radius 1 is 1.41 bits per heavy atom. The second-order valence-electron chi connectivity index (χ2n) is 5.69. The van der Waals surface area contributed by atoms with Crippen molar-refractivity contribution in [1.29, 1.82) is 0 Å².